The SMILES string of the molecule is [CH2-]c1nn[nH]n1.[Rb+]. The van der Waals surface area contributed by atoms with Gasteiger partial charge in [0, 0.05) is 5.82 Å². The Labute approximate surface area is 89.9 Å². The molecule has 0 atom stereocenters. The molecule has 0 spiro atoms. The van der Waals surface area contributed by atoms with E-state index in [1.54, 1.807) is 0 Å². The van der Waals surface area contributed by atoms with Crippen molar-refractivity contribution in [1.82, 2.24) is 20.6 Å². The van der Waals surface area contributed by atoms with Gasteiger partial charge in [0.1, 0.15) is 0 Å². The molecule has 0 aliphatic rings. The number of tetrazole rings is 1. The molecule has 0 amide bonds. The van der Waals surface area contributed by atoms with Crippen molar-refractivity contribution in [3.8, 4) is 0 Å². The van der Waals surface area contributed by atoms with Crippen molar-refractivity contribution in [3.05, 3.63) is 12.7 Å². The zero-order chi connectivity index (χ0) is 4.41. The van der Waals surface area contributed by atoms with Crippen LogP contribution in [0.25, 0.3) is 0 Å². The molecule has 0 unspecified atom stereocenters. The van der Waals surface area contributed by atoms with Crippen LogP contribution in [-0.4, -0.2) is 20.6 Å². The number of nitrogens with one attached hydrogen (secondary N) is 1. The predicted molar refractivity (Wildman–Crippen MR) is 18.6 cm³/mol. The number of aromatic amines is 1. The average Bonchev–Trinajstić information content (AvgIpc) is 1.86. The Morgan fingerprint density at radius 2 is 2.29 bits per heavy atom. The van der Waals surface area contributed by atoms with E-state index in [-0.39, 0.29) is 58.2 Å². The molecule has 0 aromatic carbocycles. The molecule has 1 N–H and O–H groups in total. The van der Waals surface area contributed by atoms with Crippen molar-refractivity contribution in [2.75, 3.05) is 0 Å². The predicted octanol–water partition coefficient (Wildman–Crippen LogP) is -3.61. The van der Waals surface area contributed by atoms with Crippen LogP contribution in [-0.2, 0) is 0 Å². The molecule has 7 heavy (non-hydrogen) atoms. The zero-order valence-electron chi connectivity index (χ0n) is 4.05. The molecule has 0 fully saturated rings. The van der Waals surface area contributed by atoms with E-state index in [9.17, 15) is 0 Å². The summed E-state index contributed by atoms with van der Waals surface area (Å²) in [5, 5.41) is 12.4. The number of H-pyrrole nitrogens is 1. The van der Waals surface area contributed by atoms with Crippen molar-refractivity contribution in [2.45, 2.75) is 0 Å². The zero-order valence-corrected chi connectivity index (χ0v) is 8.96. The fourth-order valence-electron chi connectivity index (χ4n) is 0.183. The normalized spacial score (nSPS) is 7.43. The molecular weight excluding hydrogens is 166 g/mol. The van der Waals surface area contributed by atoms with Crippen LogP contribution in [0.5, 0.6) is 0 Å². The molecule has 0 bridgehead atoms. The number of hydrogen-bond donors (Lipinski definition) is 1. The average molecular weight is 169 g/mol. The van der Waals surface area contributed by atoms with Gasteiger partial charge in [0.25, 0.3) is 0 Å². The fourth-order valence-corrected chi connectivity index (χ4v) is 0.183. The topological polar surface area (TPSA) is 54.5 Å². The number of hydrogen-bond acceptors (Lipinski definition) is 3. The first kappa shape index (κ1) is 7.75. The van der Waals surface area contributed by atoms with Gasteiger partial charge in [-0.1, -0.05) is 5.21 Å². The summed E-state index contributed by atoms with van der Waals surface area (Å²) in [6.45, 7) is 3.36. The monoisotopic (exact) mass is 168 g/mol. The van der Waals surface area contributed by atoms with Gasteiger partial charge in [0.2, 0.25) is 0 Å². The summed E-state index contributed by atoms with van der Waals surface area (Å²) in [6.07, 6.45) is 0. The van der Waals surface area contributed by atoms with Crippen LogP contribution in [0.4, 0.5) is 0 Å². The van der Waals surface area contributed by atoms with E-state index in [0.717, 1.165) is 0 Å². The molecule has 0 saturated heterocycles. The van der Waals surface area contributed by atoms with Crippen LogP contribution in [0.3, 0.4) is 0 Å². The van der Waals surface area contributed by atoms with Gasteiger partial charge in [-0.25, -0.2) is 0 Å². The summed E-state index contributed by atoms with van der Waals surface area (Å²) < 4.78 is 0. The molecule has 0 saturated carbocycles. The molecule has 1 aromatic rings. The first-order chi connectivity index (χ1) is 2.89. The van der Waals surface area contributed by atoms with Gasteiger partial charge in [-0.2, -0.15) is 10.3 Å². The van der Waals surface area contributed by atoms with E-state index in [1.165, 1.54) is 0 Å². The number of nitrogens with zero attached hydrogens (tertiary/aromatic N) is 3. The number of rotatable bonds is 0. The first-order valence-electron chi connectivity index (χ1n) is 1.45. The summed E-state index contributed by atoms with van der Waals surface area (Å²) in [4.78, 5) is 0. The molecule has 1 aromatic heterocycles. The summed E-state index contributed by atoms with van der Waals surface area (Å²) in [7, 11) is 0. The van der Waals surface area contributed by atoms with Crippen molar-refractivity contribution >= 4 is 0 Å². The van der Waals surface area contributed by atoms with E-state index in [2.05, 4.69) is 27.5 Å². The van der Waals surface area contributed by atoms with Crippen LogP contribution in [0.2, 0.25) is 0 Å². The standard InChI is InChI=1S/C2H3N4.Rb/c1-2-3-5-6-4-2;/h1H2,(H,3,4,5,6);/q-1;+1. The minimum atomic E-state index is 0. The molecule has 32 valence electrons. The summed E-state index contributed by atoms with van der Waals surface area (Å²) >= 11 is 0. The summed E-state index contributed by atoms with van der Waals surface area (Å²) in [5.74, 6) is 0.426. The Balaban J connectivity index is 0.000000360. The maximum atomic E-state index is 3.46. The quantitative estimate of drug-likeness (QED) is 0.407. The van der Waals surface area contributed by atoms with Crippen LogP contribution in [0.15, 0.2) is 0 Å². The van der Waals surface area contributed by atoms with Gasteiger partial charge < -0.3 is 6.92 Å². The second kappa shape index (κ2) is 3.71. The van der Waals surface area contributed by atoms with Crippen LogP contribution in [0, 0.1) is 6.92 Å². The largest absolute Gasteiger partial charge is 1.00 e. The summed E-state index contributed by atoms with van der Waals surface area (Å²) in [5.41, 5.74) is 0. The van der Waals surface area contributed by atoms with Gasteiger partial charge in [0.05, 0.1) is 0 Å². The minimum absolute atomic E-state index is 0. The molecular formula is C2H3N4Rb. The molecule has 0 aliphatic heterocycles. The Bertz CT molecular complexity index is 113. The van der Waals surface area contributed by atoms with Crippen molar-refractivity contribution in [3.63, 3.8) is 0 Å². The van der Waals surface area contributed by atoms with Gasteiger partial charge >= 0.3 is 58.2 Å². The van der Waals surface area contributed by atoms with Gasteiger partial charge in [-0.15, -0.1) is 5.10 Å². The minimum Gasteiger partial charge on any atom is -0.334 e. The maximum absolute atomic E-state index is 3.46. The second-order valence-electron chi connectivity index (χ2n) is 0.828. The van der Waals surface area contributed by atoms with E-state index >= 15 is 0 Å². The van der Waals surface area contributed by atoms with Gasteiger partial charge in [0.15, 0.2) is 0 Å². The van der Waals surface area contributed by atoms with Crippen molar-refractivity contribution in [1.29, 1.82) is 0 Å². The molecule has 0 aliphatic carbocycles. The van der Waals surface area contributed by atoms with E-state index in [4.69, 9.17) is 0 Å². The third kappa shape index (κ3) is 2.53. The Hall–Kier alpha value is 0.745. The summed E-state index contributed by atoms with van der Waals surface area (Å²) in [6, 6.07) is 0. The first-order valence-corrected chi connectivity index (χ1v) is 1.45. The fraction of sp³-hybridized carbons (Fsp3) is 0. The second-order valence-corrected chi connectivity index (χ2v) is 0.828. The van der Waals surface area contributed by atoms with Gasteiger partial charge in [-0.05, 0) is 0 Å². The smallest absolute Gasteiger partial charge is 0.334 e. The Kier molecular flexibility index (Phi) is 4.11. The third-order valence-electron chi connectivity index (χ3n) is 0.389. The Morgan fingerprint density at radius 1 is 1.57 bits per heavy atom. The molecule has 5 heteroatoms. The van der Waals surface area contributed by atoms with Crippen molar-refractivity contribution in [2.24, 2.45) is 0 Å². The Morgan fingerprint density at radius 3 is 2.43 bits per heavy atom. The van der Waals surface area contributed by atoms with E-state index in [0.29, 0.717) is 5.82 Å². The maximum Gasteiger partial charge on any atom is 1.00 e. The molecule has 1 heterocycles. The molecule has 0 radical (unpaired) electrons. The molecule has 4 nitrogen and oxygen atoms in total. The van der Waals surface area contributed by atoms with E-state index in [1.807, 2.05) is 0 Å². The van der Waals surface area contributed by atoms with Gasteiger partial charge in [-0.3, -0.25) is 0 Å². The third-order valence-corrected chi connectivity index (χ3v) is 0.389. The van der Waals surface area contributed by atoms with Crippen LogP contribution >= 0.6 is 0 Å². The van der Waals surface area contributed by atoms with Crippen LogP contribution < -0.4 is 58.2 Å². The van der Waals surface area contributed by atoms with Crippen molar-refractivity contribution < 1.29 is 58.2 Å². The van der Waals surface area contributed by atoms with E-state index < -0.39 is 0 Å². The van der Waals surface area contributed by atoms with Crippen LogP contribution in [0.1, 0.15) is 5.82 Å². The molecule has 1 rings (SSSR count). The number of aromatic nitrogens is 4.